The summed E-state index contributed by atoms with van der Waals surface area (Å²) in [4.78, 5) is 18.7. The van der Waals surface area contributed by atoms with Crippen LogP contribution in [0.25, 0.3) is 0 Å². The van der Waals surface area contributed by atoms with Gasteiger partial charge in [0, 0.05) is 29.8 Å². The van der Waals surface area contributed by atoms with Crippen molar-refractivity contribution in [2.45, 2.75) is 26.2 Å². The van der Waals surface area contributed by atoms with Crippen molar-refractivity contribution >= 4 is 17.3 Å². The minimum absolute atomic E-state index is 0.104. The highest BCUT2D eigenvalue weighted by Gasteiger charge is 2.23. The normalized spacial score (nSPS) is 13.9. The van der Waals surface area contributed by atoms with Crippen molar-refractivity contribution in [3.63, 3.8) is 0 Å². The largest absolute Gasteiger partial charge is 0.398 e. The molecule has 108 valence electrons. The highest BCUT2D eigenvalue weighted by molar-refractivity contribution is 5.96. The fraction of sp³-hybridized carbons (Fsp3) is 0.294. The second kappa shape index (κ2) is 5.56. The molecule has 3 rings (SSSR count). The smallest absolute Gasteiger partial charge is 0.231 e. The lowest BCUT2D eigenvalue weighted by Crippen LogP contribution is -2.36. The Balaban J connectivity index is 1.83. The van der Waals surface area contributed by atoms with Crippen LogP contribution in [0.1, 0.15) is 23.2 Å². The summed E-state index contributed by atoms with van der Waals surface area (Å²) in [5, 5.41) is 0. The van der Waals surface area contributed by atoms with E-state index >= 15 is 0 Å². The van der Waals surface area contributed by atoms with Gasteiger partial charge in [-0.05, 0) is 49.1 Å². The molecular weight excluding hydrogens is 262 g/mol. The Morgan fingerprint density at radius 2 is 2.19 bits per heavy atom. The predicted octanol–water partition coefficient (Wildman–Crippen LogP) is 2.49. The molecular formula is C17H19N3O. The molecule has 0 unspecified atom stereocenters. The molecule has 21 heavy (non-hydrogen) atoms. The maximum absolute atomic E-state index is 12.6. The van der Waals surface area contributed by atoms with Gasteiger partial charge in [0.25, 0.3) is 0 Å². The number of carbonyl (C=O) groups is 1. The summed E-state index contributed by atoms with van der Waals surface area (Å²) < 4.78 is 0. The number of pyridine rings is 1. The number of benzene rings is 1. The van der Waals surface area contributed by atoms with Crippen LogP contribution in [-0.2, 0) is 17.6 Å². The summed E-state index contributed by atoms with van der Waals surface area (Å²) in [5.41, 5.74) is 10.8. The fourth-order valence-corrected chi connectivity index (χ4v) is 2.78. The number of anilines is 2. The van der Waals surface area contributed by atoms with E-state index in [4.69, 9.17) is 5.73 Å². The number of amides is 1. The average molecular weight is 281 g/mol. The lowest BCUT2D eigenvalue weighted by molar-refractivity contribution is -0.118. The topological polar surface area (TPSA) is 59.2 Å². The summed E-state index contributed by atoms with van der Waals surface area (Å²) in [6.45, 7) is 2.70. The number of fused-ring (bicyclic) bond motifs is 1. The lowest BCUT2D eigenvalue weighted by atomic mass is 9.99. The van der Waals surface area contributed by atoms with Gasteiger partial charge in [-0.3, -0.25) is 9.78 Å². The second-order valence-electron chi connectivity index (χ2n) is 5.48. The molecule has 0 radical (unpaired) electrons. The summed E-state index contributed by atoms with van der Waals surface area (Å²) in [5.74, 6) is 0.104. The Morgan fingerprint density at radius 1 is 1.33 bits per heavy atom. The molecule has 0 fully saturated rings. The minimum atomic E-state index is 0.104. The number of rotatable bonds is 2. The molecule has 0 saturated carbocycles. The number of hydrogen-bond acceptors (Lipinski definition) is 3. The SMILES string of the molecule is Cc1ccc(CC(=O)N2CCCc3c(N)cccc32)cn1. The highest BCUT2D eigenvalue weighted by atomic mass is 16.2. The number of hydrogen-bond donors (Lipinski definition) is 1. The van der Waals surface area contributed by atoms with E-state index in [1.165, 1.54) is 0 Å². The zero-order chi connectivity index (χ0) is 14.8. The standard InChI is InChI=1S/C17H19N3O/c1-12-7-8-13(11-19-12)10-17(21)20-9-3-4-14-15(18)5-2-6-16(14)20/h2,5-8,11H,3-4,9-10,18H2,1H3. The number of carbonyl (C=O) groups excluding carboxylic acids is 1. The third kappa shape index (κ3) is 2.75. The van der Waals surface area contributed by atoms with E-state index in [0.29, 0.717) is 6.42 Å². The number of nitrogens with two attached hydrogens (primary N) is 1. The van der Waals surface area contributed by atoms with Crippen LogP contribution < -0.4 is 10.6 Å². The Hall–Kier alpha value is -2.36. The van der Waals surface area contributed by atoms with E-state index in [1.54, 1.807) is 6.20 Å². The first-order valence-electron chi connectivity index (χ1n) is 7.24. The molecule has 0 atom stereocenters. The summed E-state index contributed by atoms with van der Waals surface area (Å²) >= 11 is 0. The molecule has 4 nitrogen and oxygen atoms in total. The van der Waals surface area contributed by atoms with E-state index in [0.717, 1.165) is 47.6 Å². The number of aryl methyl sites for hydroxylation is 1. The molecule has 0 aliphatic carbocycles. The van der Waals surface area contributed by atoms with Crippen LogP contribution in [-0.4, -0.2) is 17.4 Å². The monoisotopic (exact) mass is 281 g/mol. The van der Waals surface area contributed by atoms with Crippen LogP contribution in [0, 0.1) is 6.92 Å². The molecule has 0 saturated heterocycles. The van der Waals surface area contributed by atoms with Crippen LogP contribution >= 0.6 is 0 Å². The third-order valence-corrected chi connectivity index (χ3v) is 3.92. The first kappa shape index (κ1) is 13.6. The average Bonchev–Trinajstić information content (AvgIpc) is 2.49. The first-order valence-corrected chi connectivity index (χ1v) is 7.24. The van der Waals surface area contributed by atoms with Crippen LogP contribution in [0.3, 0.4) is 0 Å². The Kier molecular flexibility index (Phi) is 3.60. The molecule has 1 aromatic carbocycles. The second-order valence-corrected chi connectivity index (χ2v) is 5.48. The van der Waals surface area contributed by atoms with Crippen molar-refractivity contribution in [3.05, 3.63) is 53.3 Å². The van der Waals surface area contributed by atoms with Crippen molar-refractivity contribution in [1.82, 2.24) is 4.98 Å². The fourth-order valence-electron chi connectivity index (χ4n) is 2.78. The van der Waals surface area contributed by atoms with Crippen molar-refractivity contribution in [1.29, 1.82) is 0 Å². The minimum Gasteiger partial charge on any atom is -0.398 e. The van der Waals surface area contributed by atoms with E-state index in [-0.39, 0.29) is 5.91 Å². The van der Waals surface area contributed by atoms with Crippen molar-refractivity contribution in [2.75, 3.05) is 17.2 Å². The Labute approximate surface area is 124 Å². The number of nitrogen functional groups attached to an aromatic ring is 1. The third-order valence-electron chi connectivity index (χ3n) is 3.92. The van der Waals surface area contributed by atoms with Crippen LogP contribution in [0.5, 0.6) is 0 Å². The zero-order valence-corrected chi connectivity index (χ0v) is 12.2. The summed E-state index contributed by atoms with van der Waals surface area (Å²) in [6.07, 6.45) is 4.05. The van der Waals surface area contributed by atoms with Gasteiger partial charge >= 0.3 is 0 Å². The molecule has 0 bridgehead atoms. The zero-order valence-electron chi connectivity index (χ0n) is 12.2. The molecule has 4 heteroatoms. The Morgan fingerprint density at radius 3 is 2.95 bits per heavy atom. The molecule has 1 amide bonds. The summed E-state index contributed by atoms with van der Waals surface area (Å²) in [6, 6.07) is 9.69. The van der Waals surface area contributed by atoms with E-state index in [2.05, 4.69) is 4.98 Å². The molecule has 1 aliphatic rings. The molecule has 1 aromatic heterocycles. The van der Waals surface area contributed by atoms with Crippen LogP contribution in [0.2, 0.25) is 0 Å². The van der Waals surface area contributed by atoms with Gasteiger partial charge < -0.3 is 10.6 Å². The maximum atomic E-state index is 12.6. The van der Waals surface area contributed by atoms with Gasteiger partial charge in [0.05, 0.1) is 6.42 Å². The molecule has 1 aliphatic heterocycles. The molecule has 2 heterocycles. The maximum Gasteiger partial charge on any atom is 0.231 e. The summed E-state index contributed by atoms with van der Waals surface area (Å²) in [7, 11) is 0. The molecule has 0 spiro atoms. The van der Waals surface area contributed by atoms with Crippen molar-refractivity contribution < 1.29 is 4.79 Å². The molecule has 2 aromatic rings. The van der Waals surface area contributed by atoms with Gasteiger partial charge in [-0.2, -0.15) is 0 Å². The van der Waals surface area contributed by atoms with Gasteiger partial charge in [-0.15, -0.1) is 0 Å². The van der Waals surface area contributed by atoms with Crippen molar-refractivity contribution in [2.24, 2.45) is 0 Å². The van der Waals surface area contributed by atoms with Gasteiger partial charge in [0.15, 0.2) is 0 Å². The predicted molar refractivity (Wildman–Crippen MR) is 84.2 cm³/mol. The van der Waals surface area contributed by atoms with E-state index in [1.807, 2.05) is 42.2 Å². The van der Waals surface area contributed by atoms with Gasteiger partial charge in [-0.1, -0.05) is 12.1 Å². The van der Waals surface area contributed by atoms with Crippen LogP contribution in [0.4, 0.5) is 11.4 Å². The Bertz CT molecular complexity index is 664. The first-order chi connectivity index (χ1) is 10.1. The van der Waals surface area contributed by atoms with E-state index < -0.39 is 0 Å². The lowest BCUT2D eigenvalue weighted by Gasteiger charge is -2.30. The van der Waals surface area contributed by atoms with Gasteiger partial charge in [0.1, 0.15) is 0 Å². The van der Waals surface area contributed by atoms with Crippen LogP contribution in [0.15, 0.2) is 36.5 Å². The van der Waals surface area contributed by atoms with Gasteiger partial charge in [-0.25, -0.2) is 0 Å². The van der Waals surface area contributed by atoms with Gasteiger partial charge in [0.2, 0.25) is 5.91 Å². The number of aromatic nitrogens is 1. The number of nitrogens with zero attached hydrogens (tertiary/aromatic N) is 2. The quantitative estimate of drug-likeness (QED) is 0.860. The van der Waals surface area contributed by atoms with Crippen molar-refractivity contribution in [3.8, 4) is 0 Å². The molecule has 2 N–H and O–H groups in total. The van der Waals surface area contributed by atoms with E-state index in [9.17, 15) is 4.79 Å². The highest BCUT2D eigenvalue weighted by Crippen LogP contribution is 2.31.